The number of hydrogen-bond acceptors (Lipinski definition) is 7. The van der Waals surface area contributed by atoms with Crippen molar-refractivity contribution < 1.29 is 21.6 Å². The van der Waals surface area contributed by atoms with Crippen molar-refractivity contribution in [2.75, 3.05) is 25.9 Å². The molecule has 2 N–H and O–H groups in total. The van der Waals surface area contributed by atoms with Crippen molar-refractivity contribution in [2.24, 2.45) is 0 Å². The molecule has 0 aromatic heterocycles. The average Bonchev–Trinajstić information content (AvgIpc) is 2.66. The fraction of sp³-hybridized carbons (Fsp3) is 0.278. The van der Waals surface area contributed by atoms with E-state index in [4.69, 9.17) is 27.9 Å². The molecule has 0 spiro atoms. The van der Waals surface area contributed by atoms with Gasteiger partial charge in [-0.05, 0) is 36.4 Å². The van der Waals surface area contributed by atoms with Crippen LogP contribution in [-0.2, 0) is 20.0 Å². The van der Waals surface area contributed by atoms with E-state index in [1.165, 1.54) is 36.4 Å². The van der Waals surface area contributed by atoms with E-state index in [1.54, 1.807) is 0 Å². The average molecular weight is 505 g/mol. The highest BCUT2D eigenvalue weighted by Crippen LogP contribution is 2.34. The third-order valence-electron chi connectivity index (χ3n) is 4.27. The van der Waals surface area contributed by atoms with Crippen LogP contribution in [-0.4, -0.2) is 53.2 Å². The smallest absolute Gasteiger partial charge is 0.248 e. The minimum Gasteiger partial charge on any atom is -0.456 e. The molecule has 1 fully saturated rings. The Bertz CT molecular complexity index is 1230. The first-order valence-electron chi connectivity index (χ1n) is 8.87. The Kier molecular flexibility index (Phi) is 7.12. The lowest BCUT2D eigenvalue weighted by Gasteiger charge is -2.35. The normalized spacial score (nSPS) is 17.8. The number of hydrogen-bond donors (Lipinski definition) is 2. The maximum atomic E-state index is 13.5. The number of nitrogens with one attached hydrogen (secondary N) is 2. The molecular weight excluding hydrogens is 487 g/mol. The largest absolute Gasteiger partial charge is 0.456 e. The summed E-state index contributed by atoms with van der Waals surface area (Å²) in [5, 5.41) is 12.8. The molecule has 2 aromatic carbocycles. The molecule has 0 radical (unpaired) electrons. The molecule has 13 heteroatoms. The predicted molar refractivity (Wildman–Crippen MR) is 116 cm³/mol. The minimum atomic E-state index is -4.26. The van der Waals surface area contributed by atoms with Crippen LogP contribution in [0.2, 0.25) is 10.0 Å². The number of ether oxygens (including phenoxy) is 1. The molecule has 1 atom stereocenters. The number of rotatable bonds is 6. The highest BCUT2D eigenvalue weighted by molar-refractivity contribution is 7.89. The van der Waals surface area contributed by atoms with E-state index in [9.17, 15) is 22.1 Å². The van der Waals surface area contributed by atoms with Crippen LogP contribution < -0.4 is 14.8 Å². The predicted octanol–water partition coefficient (Wildman–Crippen LogP) is 2.13. The van der Waals surface area contributed by atoms with Gasteiger partial charge >= 0.3 is 0 Å². The molecule has 166 valence electrons. The quantitative estimate of drug-likeness (QED) is 0.616. The van der Waals surface area contributed by atoms with Crippen molar-refractivity contribution in [1.82, 2.24) is 14.3 Å². The monoisotopic (exact) mass is 504 g/mol. The van der Waals surface area contributed by atoms with Gasteiger partial charge < -0.3 is 10.1 Å². The van der Waals surface area contributed by atoms with Gasteiger partial charge in [0.2, 0.25) is 20.0 Å². The summed E-state index contributed by atoms with van der Waals surface area (Å²) in [5.74, 6) is 0.138. The summed E-state index contributed by atoms with van der Waals surface area (Å²) in [7, 11) is -7.95. The van der Waals surface area contributed by atoms with Crippen LogP contribution in [0.15, 0.2) is 41.3 Å². The van der Waals surface area contributed by atoms with Gasteiger partial charge in [-0.1, -0.05) is 23.2 Å². The highest BCUT2D eigenvalue weighted by Gasteiger charge is 2.37. The lowest BCUT2D eigenvalue weighted by atomic mass is 10.2. The Balaban J connectivity index is 2.07. The van der Waals surface area contributed by atoms with Gasteiger partial charge in [-0.2, -0.15) is 14.3 Å². The molecule has 3 rings (SSSR count). The summed E-state index contributed by atoms with van der Waals surface area (Å²) in [4.78, 5) is -0.287. The standard InChI is InChI=1S/C18H18Cl2N4O5S2/c1-30(25,26)23-18-11-22-4-5-24(18)31(27,28)17-6-12(10-21)2-3-16(17)29-15-8-13(19)7-14(20)9-15/h2-3,6-9,18,22-23H,4-5,11H2,1H3. The fourth-order valence-corrected chi connectivity index (χ4v) is 5.99. The van der Waals surface area contributed by atoms with Crippen LogP contribution in [0.4, 0.5) is 0 Å². The Morgan fingerprint density at radius 1 is 1.16 bits per heavy atom. The molecule has 1 saturated heterocycles. The molecule has 1 unspecified atom stereocenters. The van der Waals surface area contributed by atoms with E-state index < -0.39 is 26.2 Å². The Labute approximate surface area is 190 Å². The summed E-state index contributed by atoms with van der Waals surface area (Å²) in [6.07, 6.45) is -0.104. The number of piperazine rings is 1. The molecule has 1 aliphatic rings. The van der Waals surface area contributed by atoms with Gasteiger partial charge in [0.15, 0.2) is 0 Å². The van der Waals surface area contributed by atoms with E-state index in [0.29, 0.717) is 16.6 Å². The van der Waals surface area contributed by atoms with Gasteiger partial charge in [0.1, 0.15) is 22.6 Å². The van der Waals surface area contributed by atoms with Crippen LogP contribution in [0.1, 0.15) is 5.56 Å². The van der Waals surface area contributed by atoms with Crippen LogP contribution in [0, 0.1) is 11.3 Å². The second-order valence-corrected chi connectivity index (χ2v) is 11.2. The number of nitriles is 1. The van der Waals surface area contributed by atoms with Crippen molar-refractivity contribution >= 4 is 43.2 Å². The molecule has 0 saturated carbocycles. The molecule has 0 bridgehead atoms. The van der Waals surface area contributed by atoms with Crippen molar-refractivity contribution in [3.8, 4) is 17.6 Å². The van der Waals surface area contributed by atoms with Gasteiger partial charge in [-0.3, -0.25) is 0 Å². The molecule has 1 heterocycles. The summed E-state index contributed by atoms with van der Waals surface area (Å²) in [6.45, 7) is 0.401. The third-order valence-corrected chi connectivity index (χ3v) is 7.33. The highest BCUT2D eigenvalue weighted by atomic mass is 35.5. The lowest BCUT2D eigenvalue weighted by Crippen LogP contribution is -2.60. The zero-order valence-corrected chi connectivity index (χ0v) is 19.3. The van der Waals surface area contributed by atoms with Crippen molar-refractivity contribution in [3.05, 3.63) is 52.0 Å². The van der Waals surface area contributed by atoms with E-state index >= 15 is 0 Å². The first kappa shape index (κ1) is 23.7. The van der Waals surface area contributed by atoms with Crippen LogP contribution >= 0.6 is 23.2 Å². The summed E-state index contributed by atoms with van der Waals surface area (Å²) in [6, 6.07) is 10.2. The van der Waals surface area contributed by atoms with E-state index in [-0.39, 0.29) is 35.0 Å². The summed E-state index contributed by atoms with van der Waals surface area (Å²) >= 11 is 12.0. The first-order valence-corrected chi connectivity index (χ1v) is 13.0. The van der Waals surface area contributed by atoms with Crippen LogP contribution in [0.3, 0.4) is 0 Å². The minimum absolute atomic E-state index is 0.00867. The van der Waals surface area contributed by atoms with Gasteiger partial charge in [0, 0.05) is 29.7 Å². The van der Waals surface area contributed by atoms with Crippen LogP contribution in [0.25, 0.3) is 0 Å². The maximum absolute atomic E-state index is 13.5. The molecule has 31 heavy (non-hydrogen) atoms. The number of benzene rings is 2. The van der Waals surface area contributed by atoms with Gasteiger partial charge in [0.05, 0.1) is 17.9 Å². The molecule has 9 nitrogen and oxygen atoms in total. The summed E-state index contributed by atoms with van der Waals surface area (Å²) in [5.41, 5.74) is 0.0952. The van der Waals surface area contributed by atoms with Gasteiger partial charge in [-0.25, -0.2) is 16.8 Å². The Morgan fingerprint density at radius 2 is 1.84 bits per heavy atom. The Morgan fingerprint density at radius 3 is 2.45 bits per heavy atom. The molecule has 1 aliphatic heterocycles. The van der Waals surface area contributed by atoms with Crippen molar-refractivity contribution in [3.63, 3.8) is 0 Å². The summed E-state index contributed by atoms with van der Waals surface area (Å²) < 4.78 is 59.6. The maximum Gasteiger partial charge on any atom is 0.248 e. The lowest BCUT2D eigenvalue weighted by molar-refractivity contribution is 0.255. The second-order valence-electron chi connectivity index (χ2n) is 6.71. The van der Waals surface area contributed by atoms with E-state index in [1.807, 2.05) is 6.07 Å². The second kappa shape index (κ2) is 9.30. The number of halogens is 2. The first-order chi connectivity index (χ1) is 14.5. The van der Waals surface area contributed by atoms with Gasteiger partial charge in [0.25, 0.3) is 0 Å². The Hall–Kier alpha value is -1.91. The van der Waals surface area contributed by atoms with Crippen molar-refractivity contribution in [1.29, 1.82) is 5.26 Å². The number of sulfonamides is 2. The van der Waals surface area contributed by atoms with Gasteiger partial charge in [-0.15, -0.1) is 0 Å². The molecular formula is C18H18Cl2N4O5S2. The fourth-order valence-electron chi connectivity index (χ4n) is 3.03. The van der Waals surface area contributed by atoms with Crippen molar-refractivity contribution in [2.45, 2.75) is 11.1 Å². The zero-order chi connectivity index (χ0) is 22.8. The van der Waals surface area contributed by atoms with E-state index in [0.717, 1.165) is 10.6 Å². The SMILES string of the molecule is CS(=O)(=O)NC1CNCCN1S(=O)(=O)c1cc(C#N)ccc1Oc1cc(Cl)cc(Cl)c1. The zero-order valence-electron chi connectivity index (χ0n) is 16.2. The third kappa shape index (κ3) is 5.87. The van der Waals surface area contributed by atoms with E-state index in [2.05, 4.69) is 10.0 Å². The molecule has 0 aliphatic carbocycles. The molecule has 0 amide bonds. The molecule has 2 aromatic rings. The van der Waals surface area contributed by atoms with Crippen LogP contribution in [0.5, 0.6) is 11.5 Å². The number of nitrogens with zero attached hydrogens (tertiary/aromatic N) is 2. The topological polar surface area (TPSA) is 129 Å².